The first-order valence-electron chi connectivity index (χ1n) is 13.2. The number of benzene rings is 1. The van der Waals surface area contributed by atoms with E-state index in [0.717, 1.165) is 25.0 Å². The summed E-state index contributed by atoms with van der Waals surface area (Å²) < 4.78 is 51.0. The topological polar surface area (TPSA) is 158 Å². The second-order valence-electron chi connectivity index (χ2n) is 10.1. The Morgan fingerprint density at radius 2 is 1.95 bits per heavy atom. The largest absolute Gasteiger partial charge is 0.464 e. The molecule has 14 heteroatoms. The zero-order chi connectivity index (χ0) is 30.3. The maximum atomic E-state index is 13.8. The first-order chi connectivity index (χ1) is 19.9. The van der Waals surface area contributed by atoms with Gasteiger partial charge in [0.1, 0.15) is 11.7 Å². The van der Waals surface area contributed by atoms with Gasteiger partial charge < -0.3 is 19.8 Å². The monoisotopic (exact) mass is 585 g/mol. The lowest BCUT2D eigenvalue weighted by atomic mass is 10.0. The highest BCUT2D eigenvalue weighted by molar-refractivity contribution is 6.08. The molecule has 1 saturated carbocycles. The molecule has 0 radical (unpaired) electrons. The van der Waals surface area contributed by atoms with E-state index in [1.165, 1.54) is 17.0 Å². The van der Waals surface area contributed by atoms with Crippen LogP contribution in [0.3, 0.4) is 0 Å². The minimum Gasteiger partial charge on any atom is -0.464 e. The fraction of sp³-hybridized carbons (Fsp3) is 0.393. The summed E-state index contributed by atoms with van der Waals surface area (Å²) in [7, 11) is 0. The Kier molecular flexibility index (Phi) is 7.66. The Hall–Kier alpha value is -4.46. The molecule has 220 valence electrons. The van der Waals surface area contributed by atoms with Gasteiger partial charge in [-0.2, -0.15) is 13.2 Å². The number of ether oxygens (including phenoxy) is 1. The van der Waals surface area contributed by atoms with Crippen LogP contribution in [0.4, 0.5) is 13.2 Å². The van der Waals surface area contributed by atoms with Crippen molar-refractivity contribution in [2.75, 3.05) is 13.2 Å². The highest BCUT2D eigenvalue weighted by Crippen LogP contribution is 2.36. The van der Waals surface area contributed by atoms with Crippen LogP contribution in [0.1, 0.15) is 71.5 Å². The Labute approximate surface area is 236 Å². The van der Waals surface area contributed by atoms with Crippen LogP contribution in [-0.4, -0.2) is 63.8 Å². The van der Waals surface area contributed by atoms with Crippen molar-refractivity contribution in [1.82, 2.24) is 14.9 Å². The molecule has 3 heterocycles. The minimum absolute atomic E-state index is 0.00621. The van der Waals surface area contributed by atoms with Crippen LogP contribution in [0.5, 0.6) is 0 Å². The number of likely N-dealkylation sites (tertiary alicyclic amines) is 1. The Balaban J connectivity index is 1.57. The number of halogens is 3. The summed E-state index contributed by atoms with van der Waals surface area (Å²) in [6.07, 6.45) is -2.87. The van der Waals surface area contributed by atoms with Crippen molar-refractivity contribution in [2.45, 2.75) is 51.4 Å². The zero-order valence-electron chi connectivity index (χ0n) is 22.6. The highest BCUT2D eigenvalue weighted by Gasteiger charge is 2.42. The molecular weight excluding hydrogens is 559 g/mol. The number of aldehydes is 1. The number of amides is 2. The molecule has 2 aliphatic rings. The van der Waals surface area contributed by atoms with Crippen LogP contribution in [-0.2, 0) is 20.5 Å². The summed E-state index contributed by atoms with van der Waals surface area (Å²) >= 11 is 0. The van der Waals surface area contributed by atoms with Gasteiger partial charge in [0.15, 0.2) is 17.7 Å². The summed E-state index contributed by atoms with van der Waals surface area (Å²) in [6.45, 7) is 3.11. The van der Waals surface area contributed by atoms with Gasteiger partial charge in [-0.25, -0.2) is 19.8 Å². The van der Waals surface area contributed by atoms with Gasteiger partial charge in [-0.05, 0) is 51.0 Å². The number of pyridine rings is 1. The molecule has 11 nitrogen and oxygen atoms in total. The third-order valence-electron chi connectivity index (χ3n) is 6.98. The molecule has 5 rings (SSSR count). The maximum Gasteiger partial charge on any atom is 0.433 e. The number of nitrogens with two attached hydrogens (primary N) is 1. The van der Waals surface area contributed by atoms with Crippen LogP contribution < -0.4 is 5.73 Å². The molecule has 2 atom stereocenters. The van der Waals surface area contributed by atoms with E-state index >= 15 is 0 Å². The number of hydrogen-bond donors (Lipinski definition) is 1. The Morgan fingerprint density at radius 1 is 1.21 bits per heavy atom. The maximum absolute atomic E-state index is 13.8. The number of alkyl halides is 3. The first-order valence-corrected chi connectivity index (χ1v) is 13.2. The van der Waals surface area contributed by atoms with Crippen LogP contribution in [0, 0.1) is 5.92 Å². The van der Waals surface area contributed by atoms with Crippen LogP contribution >= 0.6 is 0 Å². The van der Waals surface area contributed by atoms with Gasteiger partial charge in [-0.15, -0.1) is 0 Å². The van der Waals surface area contributed by atoms with Crippen LogP contribution in [0.15, 0.2) is 33.7 Å². The van der Waals surface area contributed by atoms with E-state index in [4.69, 9.17) is 14.9 Å². The number of carbonyl (C=O) groups is 4. The average Bonchev–Trinajstić information content (AvgIpc) is 3.57. The van der Waals surface area contributed by atoms with Gasteiger partial charge in [-0.3, -0.25) is 14.4 Å². The van der Waals surface area contributed by atoms with Crippen LogP contribution in [0.2, 0.25) is 0 Å². The second kappa shape index (κ2) is 11.1. The van der Waals surface area contributed by atoms with Gasteiger partial charge in [0.25, 0.3) is 5.91 Å². The molecule has 1 aliphatic carbocycles. The number of aliphatic imine (C=N–C) groups is 1. The number of rotatable bonds is 7. The molecule has 1 aliphatic heterocycles. The number of hydrogen-bond acceptors (Lipinski definition) is 9. The average molecular weight is 586 g/mol. The van der Waals surface area contributed by atoms with E-state index in [9.17, 15) is 32.3 Å². The molecule has 0 bridgehead atoms. The normalized spacial score (nSPS) is 18.9. The van der Waals surface area contributed by atoms with Crippen molar-refractivity contribution in [1.29, 1.82) is 0 Å². The van der Waals surface area contributed by atoms with Crippen LogP contribution in [0.25, 0.3) is 22.4 Å². The minimum atomic E-state index is -4.74. The fourth-order valence-electron chi connectivity index (χ4n) is 4.75. The van der Waals surface area contributed by atoms with Gasteiger partial charge in [0.05, 0.1) is 24.7 Å². The molecule has 2 aromatic heterocycles. The second-order valence-corrected chi connectivity index (χ2v) is 10.1. The smallest absolute Gasteiger partial charge is 0.433 e. The van der Waals surface area contributed by atoms with Crippen molar-refractivity contribution in [3.8, 4) is 11.5 Å². The summed E-state index contributed by atoms with van der Waals surface area (Å²) in [5.41, 5.74) is 4.89. The van der Waals surface area contributed by atoms with Crippen molar-refractivity contribution in [3.63, 3.8) is 0 Å². The molecule has 3 aromatic rings. The summed E-state index contributed by atoms with van der Waals surface area (Å²) in [5.74, 6) is -2.04. The molecule has 1 saturated heterocycles. The lowest BCUT2D eigenvalue weighted by Crippen LogP contribution is -2.42. The lowest BCUT2D eigenvalue weighted by Gasteiger charge is -2.22. The highest BCUT2D eigenvalue weighted by atomic mass is 19.4. The summed E-state index contributed by atoms with van der Waals surface area (Å²) in [6, 6.07) is 2.67. The van der Waals surface area contributed by atoms with E-state index in [0.29, 0.717) is 12.0 Å². The number of aromatic nitrogens is 2. The lowest BCUT2D eigenvalue weighted by molar-refractivity contribution is -0.147. The predicted molar refractivity (Wildman–Crippen MR) is 141 cm³/mol. The van der Waals surface area contributed by atoms with Crippen molar-refractivity contribution < 1.29 is 41.5 Å². The molecular formula is C28H26F3N5O6. The Bertz CT molecular complexity index is 1630. The van der Waals surface area contributed by atoms with Crippen molar-refractivity contribution >= 4 is 40.7 Å². The van der Waals surface area contributed by atoms with E-state index in [2.05, 4.69) is 15.0 Å². The number of nitrogens with zero attached hydrogens (tertiary/aromatic N) is 4. The predicted octanol–water partition coefficient (Wildman–Crippen LogP) is 3.90. The van der Waals surface area contributed by atoms with Gasteiger partial charge in [-0.1, -0.05) is 0 Å². The third kappa shape index (κ3) is 5.53. The van der Waals surface area contributed by atoms with Gasteiger partial charge >= 0.3 is 12.1 Å². The molecule has 2 N–H and O–H groups in total. The van der Waals surface area contributed by atoms with Crippen molar-refractivity contribution in [2.24, 2.45) is 16.6 Å². The number of esters is 1. The summed E-state index contributed by atoms with van der Waals surface area (Å²) in [4.78, 5) is 63.8. The number of carbonyl (C=O) groups excluding carboxylic acids is 4. The quantitative estimate of drug-likeness (QED) is 0.321. The number of fused-ring (bicyclic) bond motifs is 1. The van der Waals surface area contributed by atoms with E-state index in [1.54, 1.807) is 13.8 Å². The molecule has 42 heavy (non-hydrogen) atoms. The Morgan fingerprint density at radius 3 is 2.57 bits per heavy atom. The molecule has 0 unspecified atom stereocenters. The van der Waals surface area contributed by atoms with E-state index in [1.807, 2.05) is 0 Å². The summed E-state index contributed by atoms with van der Waals surface area (Å²) in [5, 5.41) is 0.127. The fourth-order valence-corrected chi connectivity index (χ4v) is 4.75. The van der Waals surface area contributed by atoms with Gasteiger partial charge in [0.2, 0.25) is 11.8 Å². The molecule has 0 spiro atoms. The molecule has 2 fully saturated rings. The van der Waals surface area contributed by atoms with E-state index < -0.39 is 35.8 Å². The van der Waals surface area contributed by atoms with Crippen molar-refractivity contribution in [3.05, 3.63) is 47.0 Å². The molecule has 2 amide bonds. The SMILES string of the molecule is CCOC(=O)[C@@H]1CC(=NC(=O)C2CC2)CN1C(=O)c1nc(-c2ccc(C=O)c3nc(C(F)(F)F)ccc23)oc1[C@H](C)N. The molecule has 1 aromatic carbocycles. The first kappa shape index (κ1) is 29.0. The third-order valence-corrected chi connectivity index (χ3v) is 6.98. The van der Waals surface area contributed by atoms with E-state index in [-0.39, 0.29) is 70.8 Å². The standard InChI is InChI=1S/C28H26F3N5O6/c1-3-41-27(40)19-10-16(33-24(38)14-4-5-14)11-36(19)26(39)22-23(13(2)32)42-25(35-22)18-7-6-15(12-37)21-17(18)8-9-20(34-21)28(29,30)31/h6-9,12-14,19H,3-5,10-11,32H2,1-2H3/t13-,19-/m0/s1. The number of oxazole rings is 1. The zero-order valence-corrected chi connectivity index (χ0v) is 22.6. The van der Waals surface area contributed by atoms with Gasteiger partial charge in [0, 0.05) is 34.6 Å².